The van der Waals surface area contributed by atoms with Gasteiger partial charge in [-0.15, -0.1) is 0 Å². The van der Waals surface area contributed by atoms with Gasteiger partial charge in [0.15, 0.2) is 0 Å². The Morgan fingerprint density at radius 2 is 1.50 bits per heavy atom. The molecule has 2 aromatic rings. The summed E-state index contributed by atoms with van der Waals surface area (Å²) >= 11 is 0. The molecule has 2 aromatic carbocycles. The molecular formula is C24H29N3O3. The van der Waals surface area contributed by atoms with Crippen LogP contribution in [0.15, 0.2) is 48.5 Å². The first-order chi connectivity index (χ1) is 14.3. The second-order valence-corrected chi connectivity index (χ2v) is 8.93. The summed E-state index contributed by atoms with van der Waals surface area (Å²) in [5.41, 5.74) is 3.23. The summed E-state index contributed by atoms with van der Waals surface area (Å²) in [6.45, 7) is 10.2. The number of hydrogen-bond donors (Lipinski definition) is 0. The van der Waals surface area contributed by atoms with E-state index in [1.54, 1.807) is 17.0 Å². The minimum atomic E-state index is -0.366. The number of piperazine rings is 1. The molecule has 0 atom stereocenters. The van der Waals surface area contributed by atoms with Crippen LogP contribution in [0.5, 0.6) is 5.75 Å². The van der Waals surface area contributed by atoms with Gasteiger partial charge in [0.05, 0.1) is 0 Å². The highest BCUT2D eigenvalue weighted by Gasteiger charge is 2.33. The summed E-state index contributed by atoms with van der Waals surface area (Å²) in [4.78, 5) is 31.6. The lowest BCUT2D eigenvalue weighted by molar-refractivity contribution is 0.0631. The number of amides is 2. The lowest BCUT2D eigenvalue weighted by Gasteiger charge is -2.34. The summed E-state index contributed by atoms with van der Waals surface area (Å²) in [5, 5.41) is 0. The van der Waals surface area contributed by atoms with E-state index in [-0.39, 0.29) is 17.5 Å². The molecule has 1 fully saturated rings. The number of benzene rings is 2. The van der Waals surface area contributed by atoms with Crippen molar-refractivity contribution in [2.24, 2.45) is 0 Å². The fourth-order valence-electron chi connectivity index (χ4n) is 4.01. The number of fused-ring (bicyclic) bond motifs is 1. The Kier molecular flexibility index (Phi) is 5.52. The average Bonchev–Trinajstić information content (AvgIpc) is 3.19. The van der Waals surface area contributed by atoms with Crippen molar-refractivity contribution in [2.45, 2.75) is 39.4 Å². The van der Waals surface area contributed by atoms with Crippen molar-refractivity contribution in [1.29, 1.82) is 0 Å². The van der Waals surface area contributed by atoms with Gasteiger partial charge in [0.2, 0.25) is 0 Å². The zero-order chi connectivity index (χ0) is 21.3. The Hall–Kier alpha value is -2.86. The van der Waals surface area contributed by atoms with E-state index in [1.165, 1.54) is 5.56 Å². The summed E-state index contributed by atoms with van der Waals surface area (Å²) in [6.07, 6.45) is -0.366. The number of carbonyl (C=O) groups excluding carboxylic acids is 2. The largest absolute Gasteiger partial charge is 0.415 e. The van der Waals surface area contributed by atoms with Gasteiger partial charge in [-0.25, -0.2) is 4.79 Å². The maximum atomic E-state index is 13.3. The molecule has 2 aliphatic rings. The third-order valence-electron chi connectivity index (χ3n) is 5.94. The quantitative estimate of drug-likeness (QED) is 0.761. The number of rotatable bonds is 2. The fraction of sp³-hybridized carbons (Fsp3) is 0.417. The summed E-state index contributed by atoms with van der Waals surface area (Å²) < 4.78 is 5.42. The van der Waals surface area contributed by atoms with E-state index in [1.807, 2.05) is 35.2 Å². The molecule has 0 bridgehead atoms. The molecule has 0 N–H and O–H groups in total. The second kappa shape index (κ2) is 8.11. The molecular weight excluding hydrogens is 378 g/mol. The van der Waals surface area contributed by atoms with Crippen LogP contribution in [-0.2, 0) is 13.1 Å². The predicted octanol–water partition coefficient (Wildman–Crippen LogP) is 3.76. The predicted molar refractivity (Wildman–Crippen MR) is 115 cm³/mol. The van der Waals surface area contributed by atoms with Crippen LogP contribution in [0.1, 0.15) is 42.3 Å². The normalized spacial score (nSPS) is 17.0. The Bertz CT molecular complexity index is 928. The molecule has 2 aliphatic heterocycles. The summed E-state index contributed by atoms with van der Waals surface area (Å²) in [5.74, 6) is 0.586. The molecule has 0 radical (unpaired) electrons. The van der Waals surface area contributed by atoms with E-state index in [2.05, 4.69) is 31.7 Å². The first-order valence-corrected chi connectivity index (χ1v) is 10.5. The molecule has 2 heterocycles. The third kappa shape index (κ3) is 4.19. The SMILES string of the molecule is CC(C)(C)N1Cc2cccc(C(=O)N3CCN(C(=O)Oc4ccccc4)CC3)c2C1. The van der Waals surface area contributed by atoms with E-state index >= 15 is 0 Å². The molecule has 0 aromatic heterocycles. The molecule has 2 amide bonds. The molecule has 0 saturated carbocycles. The monoisotopic (exact) mass is 407 g/mol. The van der Waals surface area contributed by atoms with Gasteiger partial charge in [-0.1, -0.05) is 30.3 Å². The highest BCUT2D eigenvalue weighted by Crippen LogP contribution is 2.31. The van der Waals surface area contributed by atoms with Crippen LogP contribution in [0.3, 0.4) is 0 Å². The van der Waals surface area contributed by atoms with Gasteiger partial charge in [0.1, 0.15) is 5.75 Å². The van der Waals surface area contributed by atoms with Gasteiger partial charge < -0.3 is 14.5 Å². The molecule has 0 unspecified atom stereocenters. The number of hydrogen-bond acceptors (Lipinski definition) is 4. The molecule has 0 aliphatic carbocycles. The van der Waals surface area contributed by atoms with Crippen LogP contribution in [0, 0.1) is 0 Å². The van der Waals surface area contributed by atoms with Gasteiger partial charge >= 0.3 is 6.09 Å². The first kappa shape index (κ1) is 20.4. The third-order valence-corrected chi connectivity index (χ3v) is 5.94. The van der Waals surface area contributed by atoms with E-state index in [4.69, 9.17) is 4.74 Å². The number of ether oxygens (including phenoxy) is 1. The Morgan fingerprint density at radius 1 is 0.833 bits per heavy atom. The minimum Gasteiger partial charge on any atom is -0.410 e. The molecule has 6 nitrogen and oxygen atoms in total. The van der Waals surface area contributed by atoms with Gasteiger partial charge in [0, 0.05) is 50.4 Å². The second-order valence-electron chi connectivity index (χ2n) is 8.93. The van der Waals surface area contributed by atoms with Crippen molar-refractivity contribution in [3.05, 3.63) is 65.2 Å². The average molecular weight is 408 g/mol. The van der Waals surface area contributed by atoms with E-state index < -0.39 is 0 Å². The van der Waals surface area contributed by atoms with Gasteiger partial charge in [-0.3, -0.25) is 9.69 Å². The summed E-state index contributed by atoms with van der Waals surface area (Å²) in [7, 11) is 0. The van der Waals surface area contributed by atoms with Crippen LogP contribution in [0.2, 0.25) is 0 Å². The smallest absolute Gasteiger partial charge is 0.410 e. The van der Waals surface area contributed by atoms with Crippen molar-refractivity contribution < 1.29 is 14.3 Å². The molecule has 1 saturated heterocycles. The van der Waals surface area contributed by atoms with Crippen molar-refractivity contribution in [3.8, 4) is 5.75 Å². The highest BCUT2D eigenvalue weighted by molar-refractivity contribution is 5.96. The Morgan fingerprint density at radius 3 is 2.17 bits per heavy atom. The Labute approximate surface area is 178 Å². The van der Waals surface area contributed by atoms with Gasteiger partial charge in [-0.05, 0) is 50.1 Å². The number of carbonyl (C=O) groups is 2. The topological polar surface area (TPSA) is 53.1 Å². The first-order valence-electron chi connectivity index (χ1n) is 10.5. The van der Waals surface area contributed by atoms with Gasteiger partial charge in [-0.2, -0.15) is 0 Å². The van der Waals surface area contributed by atoms with E-state index in [0.29, 0.717) is 31.9 Å². The molecule has 158 valence electrons. The van der Waals surface area contributed by atoms with Crippen LogP contribution in [0.25, 0.3) is 0 Å². The maximum absolute atomic E-state index is 13.3. The lowest BCUT2D eigenvalue weighted by atomic mass is 10.0. The highest BCUT2D eigenvalue weighted by atomic mass is 16.6. The van der Waals surface area contributed by atoms with Crippen molar-refractivity contribution >= 4 is 12.0 Å². The standard InChI is InChI=1S/C24H29N3O3/c1-24(2,3)27-16-18-8-7-11-20(21(18)17-27)22(28)25-12-14-26(15-13-25)23(29)30-19-9-5-4-6-10-19/h4-11H,12-17H2,1-3H3. The van der Waals surface area contributed by atoms with Crippen molar-refractivity contribution in [1.82, 2.24) is 14.7 Å². The fourth-order valence-corrected chi connectivity index (χ4v) is 4.01. The van der Waals surface area contributed by atoms with Crippen LogP contribution in [-0.4, -0.2) is 58.4 Å². The molecule has 6 heteroatoms. The molecule has 4 rings (SSSR count). The Balaban J connectivity index is 1.39. The van der Waals surface area contributed by atoms with Crippen LogP contribution < -0.4 is 4.74 Å². The van der Waals surface area contributed by atoms with Crippen LogP contribution in [0.4, 0.5) is 4.79 Å². The zero-order valence-corrected chi connectivity index (χ0v) is 17.9. The van der Waals surface area contributed by atoms with Gasteiger partial charge in [0.25, 0.3) is 5.91 Å². The number of nitrogens with zero attached hydrogens (tertiary/aromatic N) is 3. The van der Waals surface area contributed by atoms with Crippen LogP contribution >= 0.6 is 0 Å². The molecule has 0 spiro atoms. The lowest BCUT2D eigenvalue weighted by Crippen LogP contribution is -2.51. The van der Waals surface area contributed by atoms with Crippen molar-refractivity contribution in [3.63, 3.8) is 0 Å². The zero-order valence-electron chi connectivity index (χ0n) is 17.9. The summed E-state index contributed by atoms with van der Waals surface area (Å²) in [6, 6.07) is 15.1. The maximum Gasteiger partial charge on any atom is 0.415 e. The van der Waals surface area contributed by atoms with Crippen molar-refractivity contribution in [2.75, 3.05) is 26.2 Å². The minimum absolute atomic E-state index is 0.0543. The van der Waals surface area contributed by atoms with E-state index in [9.17, 15) is 9.59 Å². The van der Waals surface area contributed by atoms with E-state index in [0.717, 1.165) is 24.2 Å². The molecule has 30 heavy (non-hydrogen) atoms. The number of para-hydroxylation sites is 1.